The lowest BCUT2D eigenvalue weighted by atomic mass is 10.0. The summed E-state index contributed by atoms with van der Waals surface area (Å²) >= 11 is 0. The van der Waals surface area contributed by atoms with E-state index in [4.69, 9.17) is 0 Å². The van der Waals surface area contributed by atoms with Crippen molar-refractivity contribution in [3.63, 3.8) is 0 Å². The Bertz CT molecular complexity index is 1380. The SMILES string of the molecule is CCc1cccc(NC(=O)C(=Cc2ccc(C(C)C)cc2)C(=O)Nc2cccc(C(F)(F)F)c2)c1C(=O)O. The third kappa shape index (κ3) is 6.88. The Morgan fingerprint density at radius 1 is 0.921 bits per heavy atom. The molecule has 0 aliphatic rings. The van der Waals surface area contributed by atoms with E-state index in [-0.39, 0.29) is 22.9 Å². The van der Waals surface area contributed by atoms with Crippen molar-refractivity contribution in [2.45, 2.75) is 39.3 Å². The lowest BCUT2D eigenvalue weighted by Crippen LogP contribution is -2.26. The molecule has 0 aliphatic heterocycles. The predicted molar refractivity (Wildman–Crippen MR) is 140 cm³/mol. The van der Waals surface area contributed by atoms with Gasteiger partial charge in [0.2, 0.25) is 0 Å². The third-order valence-electron chi connectivity index (χ3n) is 5.84. The van der Waals surface area contributed by atoms with Crippen molar-refractivity contribution in [3.8, 4) is 0 Å². The van der Waals surface area contributed by atoms with E-state index >= 15 is 0 Å². The van der Waals surface area contributed by atoms with Crippen LogP contribution in [0.2, 0.25) is 0 Å². The first kappa shape index (κ1) is 28.2. The normalized spacial score (nSPS) is 11.8. The topological polar surface area (TPSA) is 95.5 Å². The molecule has 0 spiro atoms. The zero-order valence-corrected chi connectivity index (χ0v) is 21.0. The fourth-order valence-corrected chi connectivity index (χ4v) is 3.79. The molecule has 3 aromatic rings. The van der Waals surface area contributed by atoms with E-state index in [0.717, 1.165) is 23.8 Å². The van der Waals surface area contributed by atoms with Gasteiger partial charge >= 0.3 is 12.1 Å². The highest BCUT2D eigenvalue weighted by atomic mass is 19.4. The molecule has 0 fully saturated rings. The number of rotatable bonds is 8. The second kappa shape index (κ2) is 11.8. The Balaban J connectivity index is 2.01. The Morgan fingerprint density at radius 2 is 1.55 bits per heavy atom. The second-order valence-electron chi connectivity index (χ2n) is 8.86. The van der Waals surface area contributed by atoms with E-state index in [9.17, 15) is 32.7 Å². The molecule has 0 aromatic heterocycles. The lowest BCUT2D eigenvalue weighted by Gasteiger charge is -2.14. The van der Waals surface area contributed by atoms with Gasteiger partial charge in [0.1, 0.15) is 5.57 Å². The van der Waals surface area contributed by atoms with Crippen molar-refractivity contribution in [2.75, 3.05) is 10.6 Å². The van der Waals surface area contributed by atoms with Gasteiger partial charge in [0.15, 0.2) is 0 Å². The first-order valence-corrected chi connectivity index (χ1v) is 11.9. The number of carboxylic acid groups (broad SMARTS) is 1. The van der Waals surface area contributed by atoms with Gasteiger partial charge < -0.3 is 15.7 Å². The molecule has 0 unspecified atom stereocenters. The molecule has 0 aliphatic carbocycles. The maximum absolute atomic E-state index is 13.3. The van der Waals surface area contributed by atoms with Gasteiger partial charge in [-0.2, -0.15) is 13.2 Å². The van der Waals surface area contributed by atoms with Crippen LogP contribution in [0.4, 0.5) is 24.5 Å². The summed E-state index contributed by atoms with van der Waals surface area (Å²) in [6.45, 7) is 5.79. The highest BCUT2D eigenvalue weighted by Gasteiger charge is 2.31. The van der Waals surface area contributed by atoms with Crippen LogP contribution in [0, 0.1) is 0 Å². The van der Waals surface area contributed by atoms with Crippen molar-refractivity contribution >= 4 is 35.2 Å². The number of benzene rings is 3. The molecule has 38 heavy (non-hydrogen) atoms. The molecule has 6 nitrogen and oxygen atoms in total. The number of amides is 2. The molecule has 0 bridgehead atoms. The summed E-state index contributed by atoms with van der Waals surface area (Å²) < 4.78 is 39.4. The second-order valence-corrected chi connectivity index (χ2v) is 8.86. The van der Waals surface area contributed by atoms with Gasteiger partial charge in [0.25, 0.3) is 11.8 Å². The minimum absolute atomic E-state index is 0.00484. The van der Waals surface area contributed by atoms with E-state index in [1.54, 1.807) is 31.2 Å². The largest absolute Gasteiger partial charge is 0.478 e. The van der Waals surface area contributed by atoms with E-state index < -0.39 is 35.1 Å². The highest BCUT2D eigenvalue weighted by Crippen LogP contribution is 2.31. The zero-order chi connectivity index (χ0) is 28.0. The van der Waals surface area contributed by atoms with Crippen molar-refractivity contribution < 1.29 is 32.7 Å². The van der Waals surface area contributed by atoms with E-state index in [2.05, 4.69) is 10.6 Å². The number of anilines is 2. The number of carbonyl (C=O) groups excluding carboxylic acids is 2. The van der Waals surface area contributed by atoms with Crippen LogP contribution < -0.4 is 10.6 Å². The molecule has 3 aromatic carbocycles. The van der Waals surface area contributed by atoms with Crippen LogP contribution in [0.15, 0.2) is 72.3 Å². The molecule has 0 saturated carbocycles. The van der Waals surface area contributed by atoms with Gasteiger partial charge in [-0.3, -0.25) is 9.59 Å². The van der Waals surface area contributed by atoms with Crippen LogP contribution in [0.1, 0.15) is 59.3 Å². The average Bonchev–Trinajstić information content (AvgIpc) is 2.86. The van der Waals surface area contributed by atoms with Crippen LogP contribution in [-0.4, -0.2) is 22.9 Å². The quantitative estimate of drug-likeness (QED) is 0.173. The first-order chi connectivity index (χ1) is 17.9. The number of aromatic carboxylic acids is 1. The number of hydrogen-bond acceptors (Lipinski definition) is 3. The summed E-state index contributed by atoms with van der Waals surface area (Å²) in [7, 11) is 0. The number of nitrogens with one attached hydrogen (secondary N) is 2. The molecule has 3 N–H and O–H groups in total. The highest BCUT2D eigenvalue weighted by molar-refractivity contribution is 6.29. The number of halogens is 3. The van der Waals surface area contributed by atoms with E-state index in [1.807, 2.05) is 26.0 Å². The fraction of sp³-hybridized carbons (Fsp3) is 0.207. The summed E-state index contributed by atoms with van der Waals surface area (Å²) in [6, 6.07) is 15.7. The molecule has 0 radical (unpaired) electrons. The Hall–Kier alpha value is -4.40. The van der Waals surface area contributed by atoms with Gasteiger partial charge in [-0.1, -0.05) is 63.2 Å². The molecular weight excluding hydrogens is 497 g/mol. The number of hydrogen-bond donors (Lipinski definition) is 3. The number of alkyl halides is 3. The summed E-state index contributed by atoms with van der Waals surface area (Å²) in [4.78, 5) is 38.4. The molecule has 0 atom stereocenters. The number of carbonyl (C=O) groups is 3. The smallest absolute Gasteiger partial charge is 0.416 e. The van der Waals surface area contributed by atoms with Crippen LogP contribution in [0.25, 0.3) is 6.08 Å². The average molecular weight is 525 g/mol. The van der Waals surface area contributed by atoms with Gasteiger partial charge in [-0.05, 0) is 59.4 Å². The Labute approximate surface area is 218 Å². The Morgan fingerprint density at radius 3 is 2.13 bits per heavy atom. The van der Waals surface area contributed by atoms with Gasteiger partial charge in [-0.15, -0.1) is 0 Å². The van der Waals surface area contributed by atoms with Crippen LogP contribution in [0.3, 0.4) is 0 Å². The minimum atomic E-state index is -4.62. The maximum Gasteiger partial charge on any atom is 0.416 e. The molecule has 198 valence electrons. The van der Waals surface area contributed by atoms with E-state index in [1.165, 1.54) is 18.2 Å². The van der Waals surface area contributed by atoms with Gasteiger partial charge in [0, 0.05) is 5.69 Å². The van der Waals surface area contributed by atoms with Crippen LogP contribution in [0.5, 0.6) is 0 Å². The van der Waals surface area contributed by atoms with Crippen molar-refractivity contribution in [3.05, 3.63) is 100 Å². The van der Waals surface area contributed by atoms with Crippen LogP contribution >= 0.6 is 0 Å². The summed E-state index contributed by atoms with van der Waals surface area (Å²) in [5, 5.41) is 14.5. The fourth-order valence-electron chi connectivity index (χ4n) is 3.79. The Kier molecular flexibility index (Phi) is 8.72. The summed E-state index contributed by atoms with van der Waals surface area (Å²) in [5.74, 6) is -2.88. The number of carboxylic acids is 1. The molecule has 0 heterocycles. The van der Waals surface area contributed by atoms with Crippen molar-refractivity contribution in [2.24, 2.45) is 0 Å². The van der Waals surface area contributed by atoms with E-state index in [0.29, 0.717) is 17.5 Å². The molecular formula is C29H27F3N2O4. The van der Waals surface area contributed by atoms with Crippen LogP contribution in [-0.2, 0) is 22.2 Å². The maximum atomic E-state index is 13.3. The molecule has 0 saturated heterocycles. The summed E-state index contributed by atoms with van der Waals surface area (Å²) in [5.41, 5.74) is 0.368. The molecule has 9 heteroatoms. The standard InChI is InChI=1S/C29H27F3N2O4/c1-4-19-7-5-10-24(25(19)28(37)38)34-27(36)23(15-18-11-13-20(14-12-18)17(2)3)26(35)33-22-9-6-8-21(16-22)29(30,31)32/h5-17H,4H2,1-3H3,(H,33,35)(H,34,36)(H,37,38). The summed E-state index contributed by atoms with van der Waals surface area (Å²) in [6.07, 6.45) is -2.93. The molecule has 3 rings (SSSR count). The molecule has 2 amide bonds. The predicted octanol–water partition coefficient (Wildman–Crippen LogP) is 6.75. The van der Waals surface area contributed by atoms with Crippen molar-refractivity contribution in [1.29, 1.82) is 0 Å². The first-order valence-electron chi connectivity index (χ1n) is 11.9. The van der Waals surface area contributed by atoms with Crippen molar-refractivity contribution in [1.82, 2.24) is 0 Å². The monoisotopic (exact) mass is 524 g/mol. The minimum Gasteiger partial charge on any atom is -0.478 e. The third-order valence-corrected chi connectivity index (χ3v) is 5.84. The van der Waals surface area contributed by atoms with Gasteiger partial charge in [-0.25, -0.2) is 4.79 Å². The number of aryl methyl sites for hydroxylation is 1. The zero-order valence-electron chi connectivity index (χ0n) is 21.0. The van der Waals surface area contributed by atoms with Gasteiger partial charge in [0.05, 0.1) is 16.8 Å². The lowest BCUT2D eigenvalue weighted by molar-refractivity contribution is -0.137.